The van der Waals surface area contributed by atoms with Gasteiger partial charge in [0.05, 0.1) is 47.9 Å². The fourth-order valence-electron chi connectivity index (χ4n) is 8.68. The average molecular weight is 838 g/mol. The Morgan fingerprint density at radius 1 is 0.817 bits per heavy atom. The predicted octanol–water partition coefficient (Wildman–Crippen LogP) is 4.13. The summed E-state index contributed by atoms with van der Waals surface area (Å²) < 4.78 is 62.3. The zero-order chi connectivity index (χ0) is 43.2. The summed E-state index contributed by atoms with van der Waals surface area (Å²) >= 11 is 0. The minimum absolute atomic E-state index is 0.00670. The Hall–Kier alpha value is -5.03. The molecule has 1 aliphatic carbocycles. The number of likely N-dealkylation sites (tertiary alicyclic amines) is 2. The van der Waals surface area contributed by atoms with E-state index in [0.29, 0.717) is 33.5 Å². The first-order chi connectivity index (χ1) is 28.6. The highest BCUT2D eigenvalue weighted by Gasteiger charge is 2.45. The maximum atomic E-state index is 15.5. The standard InChI is InChI=1S/C43H55F4N9O4/c1-21(2)36(52-40(57)22(3)48-5)42(59)54-18-27(46)13-29(54)17-32-31-11-9-25(44)15-33(31)50-38(32)39-51-34-16-26(45)10-12-35(34)56(39)20-30-14-28(47)19-55(30)43(60)37(24-7-8-24)53-41(58)23(4)49-6/h9-12,15-16,21-24,27-30,36-37,48-50H,7-8,13-14,17-20H2,1-6H3,(H,52,57)(H,53,58)/t22-,23-,27-,28-,29-,30-,36-,37-/m0/s1. The summed E-state index contributed by atoms with van der Waals surface area (Å²) in [5.41, 5.74) is 2.21. The number of carbonyl (C=O) groups is 4. The molecule has 2 aromatic heterocycles. The van der Waals surface area contributed by atoms with Crippen molar-refractivity contribution in [3.63, 3.8) is 0 Å². The zero-order valence-corrected chi connectivity index (χ0v) is 34.8. The van der Waals surface area contributed by atoms with Crippen LogP contribution in [0.5, 0.6) is 0 Å². The number of carbonyl (C=O) groups excluding carboxylic acids is 4. The number of aromatic amines is 1. The van der Waals surface area contributed by atoms with Crippen molar-refractivity contribution < 1.29 is 36.7 Å². The normalized spacial score (nSPS) is 22.7. The molecular formula is C43H55F4N9O4. The number of nitrogens with zero attached hydrogens (tertiary/aromatic N) is 4. The number of alkyl halides is 2. The van der Waals surface area contributed by atoms with Gasteiger partial charge in [0.1, 0.15) is 36.1 Å². The third-order valence-electron chi connectivity index (χ3n) is 12.5. The molecule has 2 aromatic carbocycles. The SMILES string of the molecule is CN[C@@H](C)C(=O)N[C@H](C(=O)N1C[C@@H](F)C[C@H]1Cc1c(-c2nc3cc(F)ccc3n2C[C@@H]2C[C@H](F)CN2C(=O)[C@@H](NC(=O)[C@H](C)NC)C2CC2)[nH]c2cc(F)ccc12)C(C)C. The molecule has 60 heavy (non-hydrogen) atoms. The van der Waals surface area contributed by atoms with Crippen LogP contribution in [0.2, 0.25) is 0 Å². The maximum absolute atomic E-state index is 15.5. The minimum Gasteiger partial charge on any atom is -0.352 e. The van der Waals surface area contributed by atoms with Crippen LogP contribution in [0.1, 0.15) is 58.9 Å². The topological polar surface area (TPSA) is 156 Å². The Morgan fingerprint density at radius 3 is 2.05 bits per heavy atom. The summed E-state index contributed by atoms with van der Waals surface area (Å²) in [5.74, 6) is -2.63. The fourth-order valence-corrected chi connectivity index (χ4v) is 8.68. The van der Waals surface area contributed by atoms with Gasteiger partial charge in [-0.3, -0.25) is 19.2 Å². The lowest BCUT2D eigenvalue weighted by molar-refractivity contribution is -0.139. The Bertz CT molecular complexity index is 2110. The highest BCUT2D eigenvalue weighted by Crippen LogP contribution is 2.39. The van der Waals surface area contributed by atoms with Crippen LogP contribution < -0.4 is 21.3 Å². The van der Waals surface area contributed by atoms with Crippen molar-refractivity contribution in [3.05, 3.63) is 53.6 Å². The van der Waals surface area contributed by atoms with E-state index < -0.39 is 66.1 Å². The summed E-state index contributed by atoms with van der Waals surface area (Å²) in [6.45, 7) is 6.67. The molecule has 0 spiro atoms. The molecule has 3 fully saturated rings. The third kappa shape index (κ3) is 8.74. The van der Waals surface area contributed by atoms with Crippen molar-refractivity contribution in [2.24, 2.45) is 11.8 Å². The molecule has 7 rings (SSSR count). The predicted molar refractivity (Wildman–Crippen MR) is 219 cm³/mol. The number of rotatable bonds is 15. The number of hydrogen-bond acceptors (Lipinski definition) is 7. The van der Waals surface area contributed by atoms with E-state index in [0.717, 1.165) is 12.8 Å². The Labute approximate surface area is 346 Å². The van der Waals surface area contributed by atoms with Gasteiger partial charge in [-0.05, 0) is 94.9 Å². The van der Waals surface area contributed by atoms with Gasteiger partial charge in [0.25, 0.3) is 0 Å². The van der Waals surface area contributed by atoms with Crippen LogP contribution >= 0.6 is 0 Å². The van der Waals surface area contributed by atoms with Gasteiger partial charge in [-0.15, -0.1) is 0 Å². The molecule has 4 aromatic rings. The largest absolute Gasteiger partial charge is 0.352 e. The Balaban J connectivity index is 1.27. The van der Waals surface area contributed by atoms with Crippen LogP contribution in [0.25, 0.3) is 33.5 Å². The molecular weight excluding hydrogens is 783 g/mol. The van der Waals surface area contributed by atoms with Crippen LogP contribution in [0.4, 0.5) is 17.6 Å². The van der Waals surface area contributed by atoms with Crippen molar-refractivity contribution in [2.75, 3.05) is 27.2 Å². The minimum atomic E-state index is -1.34. The highest BCUT2D eigenvalue weighted by atomic mass is 19.1. The molecule has 324 valence electrons. The lowest BCUT2D eigenvalue weighted by atomic mass is 9.98. The number of hydrogen-bond donors (Lipinski definition) is 5. The number of likely N-dealkylation sites (N-methyl/N-ethyl adjacent to an activating group) is 2. The summed E-state index contributed by atoms with van der Waals surface area (Å²) in [6, 6.07) is 4.14. The van der Waals surface area contributed by atoms with Crippen molar-refractivity contribution >= 4 is 45.6 Å². The summed E-state index contributed by atoms with van der Waals surface area (Å²) in [6.07, 6.45) is -1.05. The van der Waals surface area contributed by atoms with Crippen molar-refractivity contribution in [1.82, 2.24) is 45.6 Å². The Morgan fingerprint density at radius 2 is 1.42 bits per heavy atom. The lowest BCUT2D eigenvalue weighted by Crippen LogP contribution is -2.55. The molecule has 13 nitrogen and oxygen atoms in total. The fraction of sp³-hybridized carbons (Fsp3) is 0.558. The molecule has 3 aliphatic rings. The van der Waals surface area contributed by atoms with E-state index in [9.17, 15) is 28.0 Å². The molecule has 1 saturated carbocycles. The van der Waals surface area contributed by atoms with E-state index in [-0.39, 0.29) is 74.0 Å². The molecule has 0 radical (unpaired) electrons. The van der Waals surface area contributed by atoms with Crippen LogP contribution in [-0.2, 0) is 32.1 Å². The van der Waals surface area contributed by atoms with Crippen molar-refractivity contribution in [3.8, 4) is 11.5 Å². The molecule has 4 amide bonds. The first-order valence-corrected chi connectivity index (χ1v) is 20.9. The molecule has 17 heteroatoms. The van der Waals surface area contributed by atoms with Gasteiger partial charge in [-0.2, -0.15) is 0 Å². The number of imidazole rings is 1. The number of aromatic nitrogens is 3. The lowest BCUT2D eigenvalue weighted by Gasteiger charge is -2.31. The van der Waals surface area contributed by atoms with E-state index in [1.54, 1.807) is 58.5 Å². The molecule has 8 atom stereocenters. The van der Waals surface area contributed by atoms with Gasteiger partial charge in [0, 0.05) is 42.4 Å². The van der Waals surface area contributed by atoms with E-state index in [1.165, 1.54) is 34.1 Å². The van der Waals surface area contributed by atoms with Gasteiger partial charge < -0.3 is 40.6 Å². The second-order valence-corrected chi connectivity index (χ2v) is 17.1. The first-order valence-electron chi connectivity index (χ1n) is 20.9. The maximum Gasteiger partial charge on any atom is 0.245 e. The van der Waals surface area contributed by atoms with Crippen molar-refractivity contribution in [1.29, 1.82) is 0 Å². The zero-order valence-electron chi connectivity index (χ0n) is 34.8. The molecule has 2 saturated heterocycles. The first kappa shape index (κ1) is 43.1. The second kappa shape index (κ2) is 17.5. The van der Waals surface area contributed by atoms with Gasteiger partial charge in [-0.1, -0.05) is 13.8 Å². The Kier molecular flexibility index (Phi) is 12.6. The van der Waals surface area contributed by atoms with Crippen LogP contribution in [0.15, 0.2) is 36.4 Å². The molecule has 0 bridgehead atoms. The van der Waals surface area contributed by atoms with Crippen LogP contribution in [-0.4, -0.2) is 124 Å². The van der Waals surface area contributed by atoms with Crippen molar-refractivity contribution in [2.45, 2.75) is 115 Å². The van der Waals surface area contributed by atoms with Gasteiger partial charge in [0.2, 0.25) is 23.6 Å². The molecule has 4 heterocycles. The molecule has 2 aliphatic heterocycles. The van der Waals surface area contributed by atoms with E-state index in [4.69, 9.17) is 4.98 Å². The van der Waals surface area contributed by atoms with Gasteiger partial charge in [0.15, 0.2) is 5.82 Å². The van der Waals surface area contributed by atoms with E-state index in [1.807, 2.05) is 0 Å². The smallest absolute Gasteiger partial charge is 0.245 e. The second-order valence-electron chi connectivity index (χ2n) is 17.1. The average Bonchev–Trinajstić information content (AvgIpc) is 3.58. The number of H-pyrrole nitrogens is 1. The summed E-state index contributed by atoms with van der Waals surface area (Å²) in [4.78, 5) is 65.5. The highest BCUT2D eigenvalue weighted by molar-refractivity contribution is 5.93. The third-order valence-corrected chi connectivity index (χ3v) is 12.5. The van der Waals surface area contributed by atoms with Crippen LogP contribution in [0, 0.1) is 23.5 Å². The monoisotopic (exact) mass is 837 g/mol. The molecule has 0 unspecified atom stereocenters. The summed E-state index contributed by atoms with van der Waals surface area (Å²) in [5, 5.41) is 12.1. The number of fused-ring (bicyclic) bond motifs is 2. The van der Waals surface area contributed by atoms with Gasteiger partial charge >= 0.3 is 0 Å². The molecule has 5 N–H and O–H groups in total. The number of nitrogens with one attached hydrogen (secondary N) is 5. The number of amides is 4. The number of halogens is 4. The van der Waals surface area contributed by atoms with E-state index >= 15 is 8.78 Å². The quantitative estimate of drug-likeness (QED) is 0.113. The summed E-state index contributed by atoms with van der Waals surface area (Å²) in [7, 11) is 3.28. The van der Waals surface area contributed by atoms with Gasteiger partial charge in [-0.25, -0.2) is 22.5 Å². The van der Waals surface area contributed by atoms with E-state index in [2.05, 4.69) is 26.3 Å². The van der Waals surface area contributed by atoms with Crippen LogP contribution in [0.3, 0.4) is 0 Å². The number of benzene rings is 2.